The summed E-state index contributed by atoms with van der Waals surface area (Å²) < 4.78 is 4.82. The van der Waals surface area contributed by atoms with E-state index in [9.17, 15) is 9.59 Å². The molecule has 0 radical (unpaired) electrons. The fourth-order valence-corrected chi connectivity index (χ4v) is 2.01. The number of carbonyl (C=O) groups excluding carboxylic acids is 2. The molecule has 0 spiro atoms. The highest BCUT2D eigenvalue weighted by Gasteiger charge is 2.06. The summed E-state index contributed by atoms with van der Waals surface area (Å²) in [6.45, 7) is -0.436. The second kappa shape index (κ2) is 8.68. The van der Waals surface area contributed by atoms with E-state index in [1.165, 1.54) is 24.4 Å². The zero-order valence-corrected chi connectivity index (χ0v) is 14.4. The van der Waals surface area contributed by atoms with Crippen LogP contribution in [0, 0.1) is 0 Å². The number of nitrogens with zero attached hydrogens (tertiary/aromatic N) is 1. The van der Waals surface area contributed by atoms with E-state index in [2.05, 4.69) is 10.3 Å². The summed E-state index contributed by atoms with van der Waals surface area (Å²) in [6, 6.07) is 8.02. The summed E-state index contributed by atoms with van der Waals surface area (Å²) in [5.74, 6) is -0.867. The predicted octanol–water partition coefficient (Wildman–Crippen LogP) is 4.24. The first-order valence-corrected chi connectivity index (χ1v) is 7.79. The van der Waals surface area contributed by atoms with Crippen LogP contribution in [0.25, 0.3) is 6.08 Å². The molecule has 0 saturated heterocycles. The minimum atomic E-state index is -0.666. The van der Waals surface area contributed by atoms with Gasteiger partial charge in [0.1, 0.15) is 5.82 Å². The molecular formula is C16H11Cl3N2O3. The molecule has 2 rings (SSSR count). The Morgan fingerprint density at radius 1 is 1.12 bits per heavy atom. The van der Waals surface area contributed by atoms with Crippen LogP contribution in [0.15, 0.2) is 42.6 Å². The van der Waals surface area contributed by atoms with Gasteiger partial charge in [-0.2, -0.15) is 0 Å². The second-order valence-corrected chi connectivity index (χ2v) is 5.78. The Bertz CT molecular complexity index is 777. The van der Waals surface area contributed by atoms with E-state index in [1.54, 1.807) is 24.3 Å². The third kappa shape index (κ3) is 5.85. The number of esters is 1. The zero-order chi connectivity index (χ0) is 17.5. The number of anilines is 1. The van der Waals surface area contributed by atoms with Gasteiger partial charge in [0, 0.05) is 12.3 Å². The van der Waals surface area contributed by atoms with Crippen molar-refractivity contribution in [1.29, 1.82) is 0 Å². The van der Waals surface area contributed by atoms with Crippen molar-refractivity contribution in [2.24, 2.45) is 0 Å². The van der Waals surface area contributed by atoms with Gasteiger partial charge in [-0.1, -0.05) is 40.9 Å². The Kier molecular flexibility index (Phi) is 6.61. The normalized spacial score (nSPS) is 10.6. The number of hydrogen-bond donors (Lipinski definition) is 1. The minimum Gasteiger partial charge on any atom is -0.452 e. The largest absolute Gasteiger partial charge is 0.452 e. The van der Waals surface area contributed by atoms with Crippen LogP contribution in [0.3, 0.4) is 0 Å². The lowest BCUT2D eigenvalue weighted by atomic mass is 10.2. The molecule has 0 saturated carbocycles. The van der Waals surface area contributed by atoms with E-state index in [0.717, 1.165) is 0 Å². The minimum absolute atomic E-state index is 0.312. The predicted molar refractivity (Wildman–Crippen MR) is 94.3 cm³/mol. The standard InChI is InChI=1S/C16H11Cl3N2O3/c17-11-3-5-14(20-8-11)21-15(22)9-24-16(23)6-2-10-1-4-12(18)13(19)7-10/h1-8H,9H2,(H,20,21,22). The number of halogens is 3. The maximum absolute atomic E-state index is 11.6. The third-order valence-electron chi connectivity index (χ3n) is 2.70. The molecule has 8 heteroatoms. The van der Waals surface area contributed by atoms with Gasteiger partial charge in [0.25, 0.3) is 5.91 Å². The van der Waals surface area contributed by atoms with Crippen molar-refractivity contribution in [2.45, 2.75) is 0 Å². The lowest BCUT2D eigenvalue weighted by Gasteiger charge is -2.04. The molecule has 124 valence electrons. The Morgan fingerprint density at radius 2 is 1.92 bits per heavy atom. The molecule has 24 heavy (non-hydrogen) atoms. The molecule has 5 nitrogen and oxygen atoms in total. The number of carbonyl (C=O) groups is 2. The van der Waals surface area contributed by atoms with Gasteiger partial charge in [0.15, 0.2) is 6.61 Å². The van der Waals surface area contributed by atoms with Crippen molar-refractivity contribution in [1.82, 2.24) is 4.98 Å². The Balaban J connectivity index is 1.81. The van der Waals surface area contributed by atoms with Crippen LogP contribution in [-0.2, 0) is 14.3 Å². The van der Waals surface area contributed by atoms with Crippen molar-refractivity contribution in [3.05, 3.63) is 63.2 Å². The van der Waals surface area contributed by atoms with Crippen molar-refractivity contribution >= 4 is 58.6 Å². The molecule has 0 aliphatic rings. The first-order valence-electron chi connectivity index (χ1n) is 6.65. The summed E-state index contributed by atoms with van der Waals surface area (Å²) in [7, 11) is 0. The van der Waals surface area contributed by atoms with Gasteiger partial charge in [-0.25, -0.2) is 9.78 Å². The lowest BCUT2D eigenvalue weighted by Crippen LogP contribution is -2.20. The molecule has 0 aliphatic heterocycles. The molecule has 1 amide bonds. The summed E-state index contributed by atoms with van der Waals surface area (Å²) in [5.41, 5.74) is 0.677. The summed E-state index contributed by atoms with van der Waals surface area (Å²) in [4.78, 5) is 27.1. The average Bonchev–Trinajstić information content (AvgIpc) is 2.56. The number of ether oxygens (including phenoxy) is 1. The van der Waals surface area contributed by atoms with E-state index in [-0.39, 0.29) is 0 Å². The molecule has 0 unspecified atom stereocenters. The van der Waals surface area contributed by atoms with Gasteiger partial charge in [-0.05, 0) is 35.9 Å². The monoisotopic (exact) mass is 384 g/mol. The SMILES string of the molecule is O=C(COC(=O)C=Cc1ccc(Cl)c(Cl)c1)Nc1ccc(Cl)cn1. The smallest absolute Gasteiger partial charge is 0.331 e. The van der Waals surface area contributed by atoms with Crippen molar-refractivity contribution < 1.29 is 14.3 Å². The van der Waals surface area contributed by atoms with E-state index in [4.69, 9.17) is 39.5 Å². The van der Waals surface area contributed by atoms with Crippen molar-refractivity contribution in [3.63, 3.8) is 0 Å². The number of amides is 1. The number of rotatable bonds is 5. The molecule has 0 atom stereocenters. The molecule has 1 aromatic heterocycles. The topological polar surface area (TPSA) is 68.3 Å². The van der Waals surface area contributed by atoms with Gasteiger partial charge < -0.3 is 10.1 Å². The fourth-order valence-electron chi connectivity index (χ4n) is 1.59. The zero-order valence-electron chi connectivity index (χ0n) is 12.1. The van der Waals surface area contributed by atoms with Crippen LogP contribution in [0.5, 0.6) is 0 Å². The van der Waals surface area contributed by atoms with Gasteiger partial charge in [0.2, 0.25) is 0 Å². The van der Waals surface area contributed by atoms with Crippen LogP contribution in [0.4, 0.5) is 5.82 Å². The summed E-state index contributed by atoms with van der Waals surface area (Å²) in [6.07, 6.45) is 4.08. The van der Waals surface area contributed by atoms with Crippen LogP contribution in [0.2, 0.25) is 15.1 Å². The first-order chi connectivity index (χ1) is 11.4. The number of pyridine rings is 1. The van der Waals surface area contributed by atoms with E-state index >= 15 is 0 Å². The molecule has 1 aromatic carbocycles. The first kappa shape index (κ1) is 18.3. The van der Waals surface area contributed by atoms with Gasteiger partial charge >= 0.3 is 5.97 Å². The Morgan fingerprint density at radius 3 is 2.58 bits per heavy atom. The molecule has 0 bridgehead atoms. The maximum atomic E-state index is 11.6. The lowest BCUT2D eigenvalue weighted by molar-refractivity contribution is -0.142. The van der Waals surface area contributed by atoms with E-state index < -0.39 is 18.5 Å². The fraction of sp³-hybridized carbons (Fsp3) is 0.0625. The van der Waals surface area contributed by atoms with Gasteiger partial charge in [-0.3, -0.25) is 4.79 Å². The number of nitrogens with one attached hydrogen (secondary N) is 1. The van der Waals surface area contributed by atoms with Crippen LogP contribution in [0.1, 0.15) is 5.56 Å². The van der Waals surface area contributed by atoms with Crippen molar-refractivity contribution in [2.75, 3.05) is 11.9 Å². The third-order valence-corrected chi connectivity index (χ3v) is 3.66. The molecular weight excluding hydrogens is 375 g/mol. The summed E-state index contributed by atoms with van der Waals surface area (Å²) >= 11 is 17.4. The van der Waals surface area contributed by atoms with Gasteiger partial charge in [0.05, 0.1) is 15.1 Å². The molecule has 0 fully saturated rings. The number of benzene rings is 1. The van der Waals surface area contributed by atoms with Gasteiger partial charge in [-0.15, -0.1) is 0 Å². The molecule has 1 N–H and O–H groups in total. The highest BCUT2D eigenvalue weighted by molar-refractivity contribution is 6.42. The molecule has 0 aliphatic carbocycles. The molecule has 1 heterocycles. The van der Waals surface area contributed by atoms with E-state index in [0.29, 0.717) is 26.4 Å². The Hall–Kier alpha value is -2.08. The highest BCUT2D eigenvalue weighted by Crippen LogP contribution is 2.23. The second-order valence-electron chi connectivity index (χ2n) is 4.52. The van der Waals surface area contributed by atoms with Crippen LogP contribution in [-0.4, -0.2) is 23.5 Å². The average molecular weight is 386 g/mol. The summed E-state index contributed by atoms with van der Waals surface area (Å²) in [5, 5.41) is 3.72. The highest BCUT2D eigenvalue weighted by atomic mass is 35.5. The molecule has 2 aromatic rings. The number of hydrogen-bond acceptors (Lipinski definition) is 4. The quantitative estimate of drug-likeness (QED) is 0.617. The maximum Gasteiger partial charge on any atom is 0.331 e. The van der Waals surface area contributed by atoms with E-state index in [1.807, 2.05) is 0 Å². The van der Waals surface area contributed by atoms with Crippen LogP contribution < -0.4 is 5.32 Å². The van der Waals surface area contributed by atoms with Crippen molar-refractivity contribution in [3.8, 4) is 0 Å². The number of aromatic nitrogens is 1. The Labute approximate surface area is 153 Å². The van der Waals surface area contributed by atoms with Crippen LogP contribution >= 0.6 is 34.8 Å².